The Morgan fingerprint density at radius 2 is 1.64 bits per heavy atom. The quantitative estimate of drug-likeness (QED) is 0.697. The Morgan fingerprint density at radius 3 is 2.32 bits per heavy atom. The Balaban J connectivity index is 1.79. The summed E-state index contributed by atoms with van der Waals surface area (Å²) in [6, 6.07) is 14.2. The maximum absolute atomic E-state index is 12.3. The third-order valence-corrected chi connectivity index (χ3v) is 3.50. The fourth-order valence-corrected chi connectivity index (χ4v) is 2.31. The molecule has 2 aromatic carbocycles. The van der Waals surface area contributed by atoms with Crippen LogP contribution in [0.2, 0.25) is 0 Å². The molecule has 1 heterocycles. The molecule has 0 atom stereocenters. The van der Waals surface area contributed by atoms with Crippen LogP contribution in [0.4, 0.5) is 0 Å². The van der Waals surface area contributed by atoms with E-state index in [1.807, 2.05) is 18.2 Å². The molecule has 0 amide bonds. The lowest BCUT2D eigenvalue weighted by atomic mass is 10.0. The first-order valence-corrected chi connectivity index (χ1v) is 7.48. The van der Waals surface area contributed by atoms with Gasteiger partial charge in [0.2, 0.25) is 0 Å². The van der Waals surface area contributed by atoms with Crippen molar-refractivity contribution in [2.24, 2.45) is 0 Å². The first-order chi connectivity index (χ1) is 12.1. The van der Waals surface area contributed by atoms with Gasteiger partial charge in [0.05, 0.1) is 5.56 Å². The van der Waals surface area contributed by atoms with Crippen molar-refractivity contribution in [3.05, 3.63) is 78.4 Å². The number of carboxylic acid groups (broad SMARTS) is 1. The molecule has 0 saturated heterocycles. The smallest absolute Gasteiger partial charge is 0.341 e. The third kappa shape index (κ3) is 4.06. The van der Waals surface area contributed by atoms with Crippen molar-refractivity contribution < 1.29 is 19.4 Å². The highest BCUT2D eigenvalue weighted by Crippen LogP contribution is 2.24. The van der Waals surface area contributed by atoms with Gasteiger partial charge in [-0.1, -0.05) is 36.4 Å². The summed E-state index contributed by atoms with van der Waals surface area (Å²) < 4.78 is 5.18. The summed E-state index contributed by atoms with van der Waals surface area (Å²) in [5.74, 6) is -0.703. The first-order valence-electron chi connectivity index (χ1n) is 7.48. The van der Waals surface area contributed by atoms with Crippen molar-refractivity contribution in [2.75, 3.05) is 6.61 Å². The number of aliphatic carboxylic acids is 1. The lowest BCUT2D eigenvalue weighted by Gasteiger charge is -2.07. The van der Waals surface area contributed by atoms with Gasteiger partial charge in [0, 0.05) is 18.0 Å². The summed E-state index contributed by atoms with van der Waals surface area (Å²) in [4.78, 5) is 30.6. The Hall–Kier alpha value is -3.54. The van der Waals surface area contributed by atoms with E-state index in [0.717, 1.165) is 11.1 Å². The summed E-state index contributed by atoms with van der Waals surface area (Å²) in [6.07, 6.45) is 4.33. The van der Waals surface area contributed by atoms with Gasteiger partial charge in [-0.25, -0.2) is 14.8 Å². The molecule has 0 aliphatic heterocycles. The Bertz CT molecular complexity index is 893. The average Bonchev–Trinajstić information content (AvgIpc) is 2.67. The fraction of sp³-hybridized carbons (Fsp3) is 0.0526. The van der Waals surface area contributed by atoms with Gasteiger partial charge in [-0.15, -0.1) is 0 Å². The van der Waals surface area contributed by atoms with Crippen LogP contribution >= 0.6 is 0 Å². The fourth-order valence-electron chi connectivity index (χ4n) is 2.31. The molecular formula is C19H14N2O4. The average molecular weight is 334 g/mol. The van der Waals surface area contributed by atoms with Crippen molar-refractivity contribution in [3.63, 3.8) is 0 Å². The molecular weight excluding hydrogens is 320 g/mol. The van der Waals surface area contributed by atoms with E-state index in [-0.39, 0.29) is 5.78 Å². The van der Waals surface area contributed by atoms with Crippen LogP contribution in [0.25, 0.3) is 11.1 Å². The number of benzene rings is 2. The highest BCUT2D eigenvalue weighted by molar-refractivity contribution is 6.08. The van der Waals surface area contributed by atoms with Gasteiger partial charge >= 0.3 is 5.97 Å². The van der Waals surface area contributed by atoms with Crippen molar-refractivity contribution in [1.82, 2.24) is 9.97 Å². The maximum atomic E-state index is 12.3. The van der Waals surface area contributed by atoms with E-state index >= 15 is 0 Å². The van der Waals surface area contributed by atoms with Crippen LogP contribution in [-0.2, 0) is 4.79 Å². The Labute approximate surface area is 143 Å². The molecule has 0 bridgehead atoms. The zero-order valence-electron chi connectivity index (χ0n) is 13.1. The highest BCUT2D eigenvalue weighted by atomic mass is 16.5. The van der Waals surface area contributed by atoms with Gasteiger partial charge in [-0.2, -0.15) is 0 Å². The van der Waals surface area contributed by atoms with Crippen molar-refractivity contribution in [3.8, 4) is 16.9 Å². The summed E-state index contributed by atoms with van der Waals surface area (Å²) in [6.45, 7) is -0.393. The van der Waals surface area contributed by atoms with E-state index in [2.05, 4.69) is 9.97 Å². The zero-order chi connectivity index (χ0) is 17.6. The lowest BCUT2D eigenvalue weighted by molar-refractivity contribution is -0.139. The number of ether oxygens (including phenoxy) is 1. The van der Waals surface area contributed by atoms with Crippen LogP contribution in [0, 0.1) is 0 Å². The van der Waals surface area contributed by atoms with Gasteiger partial charge in [0.15, 0.2) is 12.4 Å². The molecule has 3 aromatic rings. The molecule has 0 aliphatic carbocycles. The second-order valence-corrected chi connectivity index (χ2v) is 5.24. The molecule has 6 heteroatoms. The highest BCUT2D eigenvalue weighted by Gasteiger charge is 2.10. The van der Waals surface area contributed by atoms with E-state index in [1.54, 1.807) is 30.3 Å². The standard InChI is InChI=1S/C19H14N2O4/c22-18(23)11-25-17-3-1-2-15(8-17)13-4-6-14(7-5-13)19(24)16-9-20-12-21-10-16/h1-10,12H,11H2,(H,22,23). The van der Waals surface area contributed by atoms with Crippen LogP contribution < -0.4 is 4.74 Å². The van der Waals surface area contributed by atoms with Crippen LogP contribution in [0.3, 0.4) is 0 Å². The zero-order valence-corrected chi connectivity index (χ0v) is 13.1. The summed E-state index contributed by atoms with van der Waals surface area (Å²) >= 11 is 0. The number of nitrogens with zero attached hydrogens (tertiary/aromatic N) is 2. The molecule has 25 heavy (non-hydrogen) atoms. The first kappa shape index (κ1) is 16.3. The van der Waals surface area contributed by atoms with Crippen LogP contribution in [0.1, 0.15) is 15.9 Å². The van der Waals surface area contributed by atoms with Crippen molar-refractivity contribution in [2.45, 2.75) is 0 Å². The molecule has 0 spiro atoms. The molecule has 1 N–H and O–H groups in total. The predicted molar refractivity (Wildman–Crippen MR) is 90.5 cm³/mol. The minimum absolute atomic E-state index is 0.148. The van der Waals surface area contributed by atoms with Gasteiger partial charge < -0.3 is 9.84 Å². The van der Waals surface area contributed by atoms with Gasteiger partial charge in [-0.05, 0) is 23.3 Å². The predicted octanol–water partition coefficient (Wildman–Crippen LogP) is 2.84. The molecule has 0 radical (unpaired) electrons. The Morgan fingerprint density at radius 1 is 0.920 bits per heavy atom. The molecule has 0 fully saturated rings. The van der Waals surface area contributed by atoms with Gasteiger partial charge in [0.1, 0.15) is 12.1 Å². The maximum Gasteiger partial charge on any atom is 0.341 e. The molecule has 124 valence electrons. The van der Waals surface area contributed by atoms with E-state index in [1.165, 1.54) is 18.7 Å². The van der Waals surface area contributed by atoms with Crippen LogP contribution in [-0.4, -0.2) is 33.4 Å². The SMILES string of the molecule is O=C(O)COc1cccc(-c2ccc(C(=O)c3cncnc3)cc2)c1. The monoisotopic (exact) mass is 334 g/mol. The van der Waals surface area contributed by atoms with Gasteiger partial charge in [-0.3, -0.25) is 4.79 Å². The number of hydrogen-bond acceptors (Lipinski definition) is 5. The normalized spacial score (nSPS) is 10.2. The van der Waals surface area contributed by atoms with Gasteiger partial charge in [0.25, 0.3) is 0 Å². The van der Waals surface area contributed by atoms with E-state index in [0.29, 0.717) is 16.9 Å². The van der Waals surface area contributed by atoms with E-state index < -0.39 is 12.6 Å². The number of rotatable bonds is 6. The number of aromatic nitrogens is 2. The number of carbonyl (C=O) groups is 2. The second kappa shape index (κ2) is 7.35. The molecule has 3 rings (SSSR count). The van der Waals surface area contributed by atoms with Crippen LogP contribution in [0.5, 0.6) is 5.75 Å². The van der Waals surface area contributed by atoms with Crippen molar-refractivity contribution >= 4 is 11.8 Å². The summed E-state index contributed by atoms with van der Waals surface area (Å²) in [5, 5.41) is 8.67. The van der Waals surface area contributed by atoms with E-state index in [4.69, 9.17) is 9.84 Å². The number of carbonyl (C=O) groups excluding carboxylic acids is 1. The summed E-state index contributed by atoms with van der Waals surface area (Å²) in [5.41, 5.74) is 2.72. The number of carboxylic acids is 1. The minimum atomic E-state index is -1.03. The molecule has 1 aromatic heterocycles. The molecule has 0 aliphatic rings. The molecule has 6 nitrogen and oxygen atoms in total. The van der Waals surface area contributed by atoms with Crippen LogP contribution in [0.15, 0.2) is 67.3 Å². The third-order valence-electron chi connectivity index (χ3n) is 3.50. The molecule has 0 unspecified atom stereocenters. The van der Waals surface area contributed by atoms with E-state index in [9.17, 15) is 9.59 Å². The number of ketones is 1. The van der Waals surface area contributed by atoms with Crippen molar-refractivity contribution in [1.29, 1.82) is 0 Å². The second-order valence-electron chi connectivity index (χ2n) is 5.24. The largest absolute Gasteiger partial charge is 0.482 e. The topological polar surface area (TPSA) is 89.4 Å². The molecule has 0 saturated carbocycles. The lowest BCUT2D eigenvalue weighted by Crippen LogP contribution is -2.09. The summed E-state index contributed by atoms with van der Waals surface area (Å²) in [7, 11) is 0. The minimum Gasteiger partial charge on any atom is -0.482 e. The Kier molecular flexibility index (Phi) is 4.80. The number of hydrogen-bond donors (Lipinski definition) is 1.